The van der Waals surface area contributed by atoms with Crippen molar-refractivity contribution in [3.63, 3.8) is 0 Å². The SMILES string of the molecule is O=C1NC(=Nc2ccccc2C(F)(F)F)SC1=Cc1ccc(-c2ccc(Cl)c(Cl)c2)o1. The largest absolute Gasteiger partial charge is 0.457 e. The second-order valence-electron chi connectivity index (χ2n) is 6.33. The first kappa shape index (κ1) is 21.5. The monoisotopic (exact) mass is 482 g/mol. The van der Waals surface area contributed by atoms with E-state index in [2.05, 4.69) is 10.3 Å². The van der Waals surface area contributed by atoms with Gasteiger partial charge in [-0.3, -0.25) is 4.79 Å². The first-order valence-electron chi connectivity index (χ1n) is 8.72. The molecule has 2 heterocycles. The smallest absolute Gasteiger partial charge is 0.418 e. The zero-order valence-electron chi connectivity index (χ0n) is 15.3. The molecule has 4 rings (SSSR count). The number of alkyl halides is 3. The topological polar surface area (TPSA) is 54.6 Å². The molecular weight excluding hydrogens is 472 g/mol. The van der Waals surface area contributed by atoms with Crippen LogP contribution in [-0.4, -0.2) is 11.1 Å². The number of carbonyl (C=O) groups excluding carboxylic acids is 1. The number of nitrogens with zero attached hydrogens (tertiary/aromatic N) is 1. The number of carbonyl (C=O) groups is 1. The lowest BCUT2D eigenvalue weighted by Gasteiger charge is -2.09. The van der Waals surface area contributed by atoms with Gasteiger partial charge in [-0.1, -0.05) is 35.3 Å². The fraction of sp³-hybridized carbons (Fsp3) is 0.0476. The zero-order chi connectivity index (χ0) is 22.2. The van der Waals surface area contributed by atoms with Gasteiger partial charge in [-0.2, -0.15) is 13.2 Å². The van der Waals surface area contributed by atoms with Gasteiger partial charge >= 0.3 is 6.18 Å². The molecule has 4 nitrogen and oxygen atoms in total. The van der Waals surface area contributed by atoms with Gasteiger partial charge < -0.3 is 9.73 Å². The molecule has 0 unspecified atom stereocenters. The Hall–Kier alpha value is -2.68. The van der Waals surface area contributed by atoms with Crippen molar-refractivity contribution in [3.05, 3.63) is 80.9 Å². The third kappa shape index (κ3) is 4.81. The molecule has 0 spiro atoms. The van der Waals surface area contributed by atoms with E-state index in [9.17, 15) is 18.0 Å². The number of rotatable bonds is 3. The Bertz CT molecular complexity index is 1240. The summed E-state index contributed by atoms with van der Waals surface area (Å²) in [6, 6.07) is 13.3. The Morgan fingerprint density at radius 2 is 1.81 bits per heavy atom. The van der Waals surface area contributed by atoms with E-state index in [0.717, 1.165) is 17.8 Å². The lowest BCUT2D eigenvalue weighted by Crippen LogP contribution is -2.19. The molecule has 1 amide bonds. The van der Waals surface area contributed by atoms with Crippen LogP contribution in [0.3, 0.4) is 0 Å². The van der Waals surface area contributed by atoms with Crippen LogP contribution < -0.4 is 5.32 Å². The van der Waals surface area contributed by atoms with E-state index in [1.807, 2.05) is 0 Å². The summed E-state index contributed by atoms with van der Waals surface area (Å²) in [7, 11) is 0. The fourth-order valence-electron chi connectivity index (χ4n) is 2.76. The number of halogens is 5. The Balaban J connectivity index is 1.58. The molecule has 0 radical (unpaired) electrons. The summed E-state index contributed by atoms with van der Waals surface area (Å²) < 4.78 is 45.2. The fourth-order valence-corrected chi connectivity index (χ4v) is 3.88. The van der Waals surface area contributed by atoms with E-state index in [-0.39, 0.29) is 15.8 Å². The van der Waals surface area contributed by atoms with Crippen molar-refractivity contribution in [2.24, 2.45) is 4.99 Å². The molecule has 2 aromatic carbocycles. The summed E-state index contributed by atoms with van der Waals surface area (Å²) in [6.07, 6.45) is -3.07. The molecule has 0 saturated carbocycles. The van der Waals surface area contributed by atoms with Crippen LogP contribution in [0, 0.1) is 0 Å². The number of amidine groups is 1. The van der Waals surface area contributed by atoms with Gasteiger partial charge in [-0.15, -0.1) is 0 Å². The zero-order valence-corrected chi connectivity index (χ0v) is 17.7. The van der Waals surface area contributed by atoms with E-state index in [0.29, 0.717) is 27.1 Å². The van der Waals surface area contributed by atoms with Gasteiger partial charge in [0.2, 0.25) is 0 Å². The van der Waals surface area contributed by atoms with Crippen LogP contribution in [0.4, 0.5) is 18.9 Å². The number of amides is 1. The predicted octanol–water partition coefficient (Wildman–Crippen LogP) is 7.16. The normalized spacial score (nSPS) is 16.9. The van der Waals surface area contributed by atoms with Crippen LogP contribution in [0.25, 0.3) is 17.4 Å². The minimum Gasteiger partial charge on any atom is -0.457 e. The van der Waals surface area contributed by atoms with Crippen molar-refractivity contribution < 1.29 is 22.4 Å². The Labute approximate surface area is 188 Å². The third-order valence-corrected chi connectivity index (χ3v) is 5.84. The lowest BCUT2D eigenvalue weighted by molar-refractivity contribution is -0.137. The maximum Gasteiger partial charge on any atom is 0.418 e. The van der Waals surface area contributed by atoms with Crippen molar-refractivity contribution in [2.45, 2.75) is 6.18 Å². The number of benzene rings is 2. The van der Waals surface area contributed by atoms with Crippen LogP contribution in [0.15, 0.2) is 68.9 Å². The molecule has 3 aromatic rings. The van der Waals surface area contributed by atoms with Crippen LogP contribution in [0.1, 0.15) is 11.3 Å². The molecule has 0 bridgehead atoms. The van der Waals surface area contributed by atoms with Crippen molar-refractivity contribution in [1.29, 1.82) is 0 Å². The van der Waals surface area contributed by atoms with Gasteiger partial charge in [0, 0.05) is 11.6 Å². The molecule has 1 aromatic heterocycles. The standard InChI is InChI=1S/C21H11Cl2F3N2O2S/c22-14-7-5-11(9-15(14)23)17-8-6-12(30-17)10-18-19(29)28-20(31-18)27-16-4-2-1-3-13(16)21(24,25)26/h1-10H,(H,27,28,29). The maximum absolute atomic E-state index is 13.1. The number of hydrogen-bond acceptors (Lipinski definition) is 4. The van der Waals surface area contributed by atoms with E-state index in [1.54, 1.807) is 30.3 Å². The molecule has 1 aliphatic rings. The summed E-state index contributed by atoms with van der Waals surface area (Å²) >= 11 is 12.9. The highest BCUT2D eigenvalue weighted by Gasteiger charge is 2.34. The van der Waals surface area contributed by atoms with Crippen molar-refractivity contribution in [1.82, 2.24) is 5.32 Å². The highest BCUT2D eigenvalue weighted by molar-refractivity contribution is 8.18. The molecule has 1 fully saturated rings. The van der Waals surface area contributed by atoms with E-state index < -0.39 is 17.6 Å². The van der Waals surface area contributed by atoms with Crippen molar-refractivity contribution >= 4 is 57.8 Å². The minimum absolute atomic E-state index is 0.0456. The van der Waals surface area contributed by atoms with E-state index in [4.69, 9.17) is 27.6 Å². The molecule has 158 valence electrons. The lowest BCUT2D eigenvalue weighted by atomic mass is 10.2. The van der Waals surface area contributed by atoms with Crippen molar-refractivity contribution in [3.8, 4) is 11.3 Å². The first-order chi connectivity index (χ1) is 14.7. The number of aliphatic imine (C=N–C) groups is 1. The summed E-state index contributed by atoms with van der Waals surface area (Å²) in [4.78, 5) is 16.4. The predicted molar refractivity (Wildman–Crippen MR) is 116 cm³/mol. The van der Waals surface area contributed by atoms with Crippen LogP contribution >= 0.6 is 35.0 Å². The summed E-state index contributed by atoms with van der Waals surface area (Å²) in [5, 5.41) is 3.30. The second-order valence-corrected chi connectivity index (χ2v) is 8.17. The Morgan fingerprint density at radius 3 is 2.55 bits per heavy atom. The minimum atomic E-state index is -4.55. The molecule has 31 heavy (non-hydrogen) atoms. The summed E-state index contributed by atoms with van der Waals surface area (Å²) in [5.74, 6) is 0.415. The summed E-state index contributed by atoms with van der Waals surface area (Å²) in [6.45, 7) is 0. The molecule has 0 aliphatic carbocycles. The number of para-hydroxylation sites is 1. The molecule has 0 atom stereocenters. The van der Waals surface area contributed by atoms with Gasteiger partial charge in [-0.05, 0) is 54.2 Å². The Morgan fingerprint density at radius 1 is 1.03 bits per heavy atom. The maximum atomic E-state index is 13.1. The number of thioether (sulfide) groups is 1. The van der Waals surface area contributed by atoms with Gasteiger partial charge in [0.1, 0.15) is 11.5 Å². The second kappa shape index (κ2) is 8.45. The molecule has 1 saturated heterocycles. The van der Waals surface area contributed by atoms with E-state index in [1.165, 1.54) is 24.3 Å². The average molecular weight is 483 g/mol. The molecule has 10 heteroatoms. The first-order valence-corrected chi connectivity index (χ1v) is 10.3. The molecule has 1 N–H and O–H groups in total. The van der Waals surface area contributed by atoms with Crippen LogP contribution in [0.2, 0.25) is 10.0 Å². The summed E-state index contributed by atoms with van der Waals surface area (Å²) in [5.41, 5.74) is -0.459. The highest BCUT2D eigenvalue weighted by atomic mass is 35.5. The van der Waals surface area contributed by atoms with E-state index >= 15 is 0 Å². The average Bonchev–Trinajstić information content (AvgIpc) is 3.31. The van der Waals surface area contributed by atoms with Crippen molar-refractivity contribution in [2.75, 3.05) is 0 Å². The third-order valence-electron chi connectivity index (χ3n) is 4.19. The molecular formula is C21H11Cl2F3N2O2S. The number of nitrogens with one attached hydrogen (secondary N) is 1. The number of hydrogen-bond donors (Lipinski definition) is 1. The van der Waals surface area contributed by atoms with Crippen LogP contribution in [-0.2, 0) is 11.0 Å². The number of furan rings is 1. The molecule has 1 aliphatic heterocycles. The highest BCUT2D eigenvalue weighted by Crippen LogP contribution is 2.38. The quantitative estimate of drug-likeness (QED) is 0.402. The van der Waals surface area contributed by atoms with Gasteiger partial charge in [0.25, 0.3) is 5.91 Å². The van der Waals surface area contributed by atoms with Gasteiger partial charge in [0.15, 0.2) is 5.17 Å². The van der Waals surface area contributed by atoms with Crippen LogP contribution in [0.5, 0.6) is 0 Å². The van der Waals surface area contributed by atoms with Gasteiger partial charge in [-0.25, -0.2) is 4.99 Å². The van der Waals surface area contributed by atoms with Gasteiger partial charge in [0.05, 0.1) is 26.2 Å². The Kier molecular flexibility index (Phi) is 5.88.